The Morgan fingerprint density at radius 3 is 2.49 bits per heavy atom. The molecule has 9 nitrogen and oxygen atoms in total. The number of nitrogens with one attached hydrogen (secondary N) is 1. The predicted octanol–water partition coefficient (Wildman–Crippen LogP) is 6.12. The summed E-state index contributed by atoms with van der Waals surface area (Å²) in [4.78, 5) is 34.5. The van der Waals surface area contributed by atoms with Crippen molar-refractivity contribution in [2.45, 2.75) is 51.5 Å². The third-order valence-corrected chi connectivity index (χ3v) is 8.28. The number of nitrogens with zero attached hydrogens (tertiary/aromatic N) is 3. The van der Waals surface area contributed by atoms with E-state index >= 15 is 0 Å². The molecule has 0 radical (unpaired) electrons. The molecule has 1 N–H and O–H groups in total. The Morgan fingerprint density at radius 2 is 1.80 bits per heavy atom. The van der Waals surface area contributed by atoms with Crippen LogP contribution in [0.4, 0.5) is 8.78 Å². The molecule has 1 fully saturated rings. The van der Waals surface area contributed by atoms with Crippen LogP contribution in [0.3, 0.4) is 0 Å². The number of halogens is 3. The molecule has 2 aromatic heterocycles. The summed E-state index contributed by atoms with van der Waals surface area (Å²) in [5, 5.41) is 9.07. The van der Waals surface area contributed by atoms with E-state index in [0.717, 1.165) is 6.07 Å². The van der Waals surface area contributed by atoms with Crippen LogP contribution >= 0.6 is 22.9 Å². The summed E-state index contributed by atoms with van der Waals surface area (Å²) >= 11 is 7.62. The molecular weight excluding hydrogens is 578 g/mol. The van der Waals surface area contributed by atoms with Gasteiger partial charge in [0, 0.05) is 34.8 Å². The number of carbonyl (C=O) groups is 2. The lowest BCUT2D eigenvalue weighted by atomic mass is 9.77. The molecule has 13 heteroatoms. The molecule has 3 heterocycles. The minimum atomic E-state index is -1.21. The largest absolute Gasteiger partial charge is 0.463 e. The van der Waals surface area contributed by atoms with Crippen LogP contribution in [0.5, 0.6) is 0 Å². The number of ether oxygens (including phenoxy) is 2. The van der Waals surface area contributed by atoms with Crippen molar-refractivity contribution >= 4 is 40.7 Å². The van der Waals surface area contributed by atoms with Crippen molar-refractivity contribution in [2.24, 2.45) is 10.9 Å². The third-order valence-electron chi connectivity index (χ3n) is 7.12. The topological polar surface area (TPSA) is 116 Å². The van der Waals surface area contributed by atoms with E-state index in [2.05, 4.69) is 15.5 Å². The number of hydrogen-bond donors (Lipinski definition) is 1. The van der Waals surface area contributed by atoms with E-state index in [0.29, 0.717) is 48.0 Å². The molecule has 216 valence electrons. The summed E-state index contributed by atoms with van der Waals surface area (Å²) in [7, 11) is 0. The van der Waals surface area contributed by atoms with Gasteiger partial charge in [-0.25, -0.2) is 23.4 Å². The van der Waals surface area contributed by atoms with Gasteiger partial charge in [0.15, 0.2) is 28.2 Å². The monoisotopic (exact) mass is 604 g/mol. The van der Waals surface area contributed by atoms with Gasteiger partial charge < -0.3 is 19.3 Å². The smallest absolute Gasteiger partial charge is 0.360 e. The SMILES string of the molecule is CCOC(=O)C1=C([C@H]2CC[C@H](c3cc(C(=O)OCC)no3)CC2)NC(c2nccs2)=NC1c1ccc(F)c(F)c1Cl. The van der Waals surface area contributed by atoms with E-state index in [1.807, 2.05) is 0 Å². The Morgan fingerprint density at radius 1 is 1.10 bits per heavy atom. The molecule has 1 aliphatic carbocycles. The van der Waals surface area contributed by atoms with E-state index in [9.17, 15) is 18.4 Å². The lowest BCUT2D eigenvalue weighted by molar-refractivity contribution is -0.139. The molecule has 0 amide bonds. The van der Waals surface area contributed by atoms with E-state index < -0.39 is 34.6 Å². The predicted molar refractivity (Wildman–Crippen MR) is 147 cm³/mol. The van der Waals surface area contributed by atoms with Crippen LogP contribution in [0, 0.1) is 17.6 Å². The molecule has 2 aliphatic rings. The molecular formula is C28H27ClF2N4O5S. The van der Waals surface area contributed by atoms with Crippen molar-refractivity contribution in [3.8, 4) is 0 Å². The second-order valence-electron chi connectivity index (χ2n) is 9.54. The molecule has 1 atom stereocenters. The fourth-order valence-electron chi connectivity index (χ4n) is 5.20. The van der Waals surface area contributed by atoms with Crippen molar-refractivity contribution in [3.05, 3.63) is 79.7 Å². The number of hydrogen-bond acceptors (Lipinski definition) is 10. The Balaban J connectivity index is 1.50. The number of amidine groups is 1. The highest BCUT2D eigenvalue weighted by Gasteiger charge is 2.39. The highest BCUT2D eigenvalue weighted by Crippen LogP contribution is 2.44. The van der Waals surface area contributed by atoms with E-state index in [1.165, 1.54) is 17.4 Å². The van der Waals surface area contributed by atoms with Gasteiger partial charge in [-0.1, -0.05) is 22.8 Å². The average Bonchev–Trinajstić information content (AvgIpc) is 3.69. The summed E-state index contributed by atoms with van der Waals surface area (Å²) in [6.07, 6.45) is 4.29. The van der Waals surface area contributed by atoms with E-state index in [4.69, 9.17) is 30.6 Å². The summed E-state index contributed by atoms with van der Waals surface area (Å²) in [6, 6.07) is 2.86. The Hall–Kier alpha value is -3.64. The summed E-state index contributed by atoms with van der Waals surface area (Å²) in [5.74, 6) is -2.61. The van der Waals surface area contributed by atoms with Crippen molar-refractivity contribution in [1.82, 2.24) is 15.5 Å². The lowest BCUT2D eigenvalue weighted by Crippen LogP contribution is -2.38. The minimum Gasteiger partial charge on any atom is -0.463 e. The minimum absolute atomic E-state index is 0.0145. The molecule has 1 unspecified atom stereocenters. The summed E-state index contributed by atoms with van der Waals surface area (Å²) in [5.41, 5.74) is 1.04. The van der Waals surface area contributed by atoms with Gasteiger partial charge in [-0.15, -0.1) is 11.3 Å². The van der Waals surface area contributed by atoms with Crippen molar-refractivity contribution in [1.29, 1.82) is 0 Å². The molecule has 0 bridgehead atoms. The Labute approximate surface area is 243 Å². The first-order valence-electron chi connectivity index (χ1n) is 13.2. The molecule has 1 saturated carbocycles. The molecule has 3 aromatic rings. The van der Waals surface area contributed by atoms with Gasteiger partial charge in [-0.3, -0.25) is 4.99 Å². The van der Waals surface area contributed by atoms with Gasteiger partial charge >= 0.3 is 11.9 Å². The number of benzene rings is 1. The zero-order chi connectivity index (χ0) is 29.1. The maximum Gasteiger partial charge on any atom is 0.360 e. The van der Waals surface area contributed by atoms with Gasteiger partial charge in [-0.2, -0.15) is 0 Å². The Kier molecular flexibility index (Phi) is 8.79. The van der Waals surface area contributed by atoms with Crippen LogP contribution in [0.25, 0.3) is 0 Å². The van der Waals surface area contributed by atoms with Gasteiger partial charge in [0.25, 0.3) is 0 Å². The fourth-order valence-corrected chi connectivity index (χ4v) is 6.04. The maximum absolute atomic E-state index is 14.6. The third kappa shape index (κ3) is 5.89. The highest BCUT2D eigenvalue weighted by atomic mass is 35.5. The van der Waals surface area contributed by atoms with Gasteiger partial charge in [-0.05, 0) is 51.5 Å². The van der Waals surface area contributed by atoms with E-state index in [1.54, 1.807) is 31.5 Å². The first kappa shape index (κ1) is 28.9. The standard InChI is InChI=1S/C28H27ClF2N4O5S/c1-3-38-27(36)18-13-19(40-35-18)14-5-7-15(8-6-14)23-20(28(37)39-4-2)24(16-9-10-17(30)22(31)21(16)29)34-25(33-23)26-32-11-12-41-26/h9-15,24H,3-8H2,1-2H3,(H,33,34)/t14-,15-,24?. The van der Waals surface area contributed by atoms with E-state index in [-0.39, 0.29) is 41.9 Å². The number of aliphatic imine (C=N–C) groups is 1. The first-order chi connectivity index (χ1) is 19.8. The van der Waals surface area contributed by atoms with Gasteiger partial charge in [0.2, 0.25) is 0 Å². The van der Waals surface area contributed by atoms with Crippen molar-refractivity contribution < 1.29 is 32.4 Å². The number of rotatable bonds is 8. The molecule has 1 aromatic carbocycles. The second kappa shape index (κ2) is 12.5. The quantitative estimate of drug-likeness (QED) is 0.241. The van der Waals surface area contributed by atoms with Crippen LogP contribution in [0.1, 0.15) is 78.3 Å². The molecule has 5 rings (SSSR count). The van der Waals surface area contributed by atoms with Crippen molar-refractivity contribution in [3.63, 3.8) is 0 Å². The summed E-state index contributed by atoms with van der Waals surface area (Å²) < 4.78 is 44.4. The molecule has 1 aliphatic heterocycles. The van der Waals surface area contributed by atoms with Crippen molar-refractivity contribution in [2.75, 3.05) is 13.2 Å². The van der Waals surface area contributed by atoms with Crippen LogP contribution < -0.4 is 5.32 Å². The Bertz CT molecular complexity index is 1500. The number of esters is 2. The van der Waals surface area contributed by atoms with Crippen LogP contribution in [-0.2, 0) is 14.3 Å². The number of thiazole rings is 1. The second-order valence-corrected chi connectivity index (χ2v) is 10.8. The molecule has 41 heavy (non-hydrogen) atoms. The zero-order valence-electron chi connectivity index (χ0n) is 22.3. The number of allylic oxidation sites excluding steroid dienone is 1. The van der Waals surface area contributed by atoms with Gasteiger partial charge in [0.05, 0.1) is 23.8 Å². The van der Waals surface area contributed by atoms with Crippen LogP contribution in [-0.4, -0.2) is 41.1 Å². The summed E-state index contributed by atoms with van der Waals surface area (Å²) in [6.45, 7) is 3.75. The fraction of sp³-hybridized carbons (Fsp3) is 0.393. The average molecular weight is 605 g/mol. The molecule has 0 saturated heterocycles. The molecule has 0 spiro atoms. The lowest BCUT2D eigenvalue weighted by Gasteiger charge is -2.34. The number of carbonyl (C=O) groups excluding carboxylic acids is 2. The highest BCUT2D eigenvalue weighted by molar-refractivity contribution is 7.11. The first-order valence-corrected chi connectivity index (χ1v) is 14.5. The van der Waals surface area contributed by atoms with Gasteiger partial charge in [0.1, 0.15) is 11.8 Å². The van der Waals surface area contributed by atoms with Crippen LogP contribution in [0.15, 0.2) is 50.6 Å². The normalized spacial score (nSPS) is 20.8. The zero-order valence-corrected chi connectivity index (χ0v) is 23.9. The van der Waals surface area contributed by atoms with Crippen LogP contribution in [0.2, 0.25) is 5.02 Å². The maximum atomic E-state index is 14.6. The number of aromatic nitrogens is 2.